The van der Waals surface area contributed by atoms with Crippen molar-refractivity contribution in [2.75, 3.05) is 6.54 Å². The van der Waals surface area contributed by atoms with E-state index in [-0.39, 0.29) is 30.3 Å². The van der Waals surface area contributed by atoms with E-state index in [4.69, 9.17) is 5.73 Å². The van der Waals surface area contributed by atoms with Crippen LogP contribution in [-0.2, 0) is 16.1 Å². The Morgan fingerprint density at radius 2 is 1.90 bits per heavy atom. The highest BCUT2D eigenvalue weighted by atomic mass is 16.2. The fourth-order valence-corrected chi connectivity index (χ4v) is 2.64. The fourth-order valence-electron chi connectivity index (χ4n) is 2.64. The highest BCUT2D eigenvalue weighted by Gasteiger charge is 2.25. The van der Waals surface area contributed by atoms with Crippen LogP contribution in [0.1, 0.15) is 31.2 Å². The molecular formula is C16H23N3O2. The number of carbonyl (C=O) groups excluding carboxylic acids is 2. The summed E-state index contributed by atoms with van der Waals surface area (Å²) in [5.74, 6) is -0.275. The van der Waals surface area contributed by atoms with Gasteiger partial charge in [0, 0.05) is 18.5 Å². The maximum atomic E-state index is 12.0. The molecule has 114 valence electrons. The Kier molecular flexibility index (Phi) is 5.75. The number of rotatable bonds is 5. The normalized spacial score (nSPS) is 21.6. The molecule has 1 saturated carbocycles. The monoisotopic (exact) mass is 289 g/mol. The summed E-state index contributed by atoms with van der Waals surface area (Å²) in [5, 5.41) is 5.49. The molecule has 2 unspecified atom stereocenters. The molecule has 1 aliphatic rings. The Morgan fingerprint density at radius 1 is 1.14 bits per heavy atom. The van der Waals surface area contributed by atoms with Gasteiger partial charge >= 0.3 is 0 Å². The van der Waals surface area contributed by atoms with Crippen molar-refractivity contribution < 1.29 is 9.59 Å². The average molecular weight is 289 g/mol. The zero-order valence-corrected chi connectivity index (χ0v) is 12.2. The molecule has 0 radical (unpaired) electrons. The summed E-state index contributed by atoms with van der Waals surface area (Å²) in [6.45, 7) is 0.501. The lowest BCUT2D eigenvalue weighted by molar-refractivity contribution is -0.129. The van der Waals surface area contributed by atoms with Crippen LogP contribution in [0.25, 0.3) is 0 Å². The Bertz CT molecular complexity index is 476. The van der Waals surface area contributed by atoms with Gasteiger partial charge in [0.1, 0.15) is 0 Å². The first kappa shape index (κ1) is 15.5. The molecule has 1 fully saturated rings. The molecule has 2 amide bonds. The predicted octanol–water partition coefficient (Wildman–Crippen LogP) is 0.936. The van der Waals surface area contributed by atoms with Crippen molar-refractivity contribution in [2.24, 2.45) is 11.7 Å². The number of nitrogens with one attached hydrogen (secondary N) is 2. The minimum absolute atomic E-state index is 0.0252. The Balaban J connectivity index is 1.67. The van der Waals surface area contributed by atoms with E-state index < -0.39 is 0 Å². The summed E-state index contributed by atoms with van der Waals surface area (Å²) < 4.78 is 0. The zero-order chi connectivity index (χ0) is 15.1. The molecule has 2 rings (SSSR count). The topological polar surface area (TPSA) is 84.2 Å². The van der Waals surface area contributed by atoms with Crippen LogP contribution in [0.4, 0.5) is 0 Å². The quantitative estimate of drug-likeness (QED) is 0.754. The van der Waals surface area contributed by atoms with Crippen molar-refractivity contribution in [1.29, 1.82) is 0 Å². The Hall–Kier alpha value is -1.88. The molecule has 0 saturated heterocycles. The van der Waals surface area contributed by atoms with Gasteiger partial charge in [-0.3, -0.25) is 9.59 Å². The number of hydrogen-bond donors (Lipinski definition) is 3. The van der Waals surface area contributed by atoms with Gasteiger partial charge in [0.25, 0.3) is 0 Å². The summed E-state index contributed by atoms with van der Waals surface area (Å²) in [6, 6.07) is 9.79. The van der Waals surface area contributed by atoms with E-state index in [1.807, 2.05) is 30.3 Å². The summed E-state index contributed by atoms with van der Waals surface area (Å²) in [6.07, 6.45) is 3.56. The van der Waals surface area contributed by atoms with Gasteiger partial charge in [0.15, 0.2) is 0 Å². The van der Waals surface area contributed by atoms with Crippen LogP contribution in [0.5, 0.6) is 0 Å². The van der Waals surface area contributed by atoms with E-state index in [2.05, 4.69) is 10.6 Å². The Morgan fingerprint density at radius 3 is 2.62 bits per heavy atom. The SMILES string of the molecule is NC1CCCC(C(=O)NCC(=O)NCc2ccccc2)C1. The smallest absolute Gasteiger partial charge is 0.239 e. The highest BCUT2D eigenvalue weighted by Crippen LogP contribution is 2.22. The molecule has 21 heavy (non-hydrogen) atoms. The van der Waals surface area contributed by atoms with Crippen LogP contribution in [-0.4, -0.2) is 24.4 Å². The first-order valence-electron chi connectivity index (χ1n) is 7.49. The molecule has 5 nitrogen and oxygen atoms in total. The molecule has 0 bridgehead atoms. The maximum absolute atomic E-state index is 12.0. The molecule has 0 aromatic heterocycles. The third-order valence-corrected chi connectivity index (χ3v) is 3.84. The average Bonchev–Trinajstić information content (AvgIpc) is 2.51. The van der Waals surface area contributed by atoms with Gasteiger partial charge < -0.3 is 16.4 Å². The van der Waals surface area contributed by atoms with Gasteiger partial charge in [-0.05, 0) is 24.8 Å². The summed E-state index contributed by atoms with van der Waals surface area (Å²) in [5.41, 5.74) is 6.91. The van der Waals surface area contributed by atoms with Gasteiger partial charge in [-0.25, -0.2) is 0 Å². The first-order valence-corrected chi connectivity index (χ1v) is 7.49. The lowest BCUT2D eigenvalue weighted by Gasteiger charge is -2.25. The second-order valence-electron chi connectivity index (χ2n) is 5.60. The van der Waals surface area contributed by atoms with Crippen molar-refractivity contribution in [1.82, 2.24) is 10.6 Å². The van der Waals surface area contributed by atoms with E-state index in [0.717, 1.165) is 31.2 Å². The van der Waals surface area contributed by atoms with Crippen LogP contribution >= 0.6 is 0 Å². The van der Waals surface area contributed by atoms with E-state index in [9.17, 15) is 9.59 Å². The third-order valence-electron chi connectivity index (χ3n) is 3.84. The van der Waals surface area contributed by atoms with Crippen molar-refractivity contribution in [3.05, 3.63) is 35.9 Å². The van der Waals surface area contributed by atoms with Gasteiger partial charge in [0.2, 0.25) is 11.8 Å². The van der Waals surface area contributed by atoms with Gasteiger partial charge in [-0.15, -0.1) is 0 Å². The summed E-state index contributed by atoms with van der Waals surface area (Å²) in [7, 11) is 0. The van der Waals surface area contributed by atoms with E-state index >= 15 is 0 Å². The van der Waals surface area contributed by atoms with E-state index in [1.165, 1.54) is 0 Å². The predicted molar refractivity (Wildman–Crippen MR) is 81.2 cm³/mol. The standard InChI is InChI=1S/C16H23N3O2/c17-14-8-4-7-13(9-14)16(21)19-11-15(20)18-10-12-5-2-1-3-6-12/h1-3,5-6,13-14H,4,7-11,17H2,(H,18,20)(H,19,21). The van der Waals surface area contributed by atoms with Crippen LogP contribution in [0, 0.1) is 5.92 Å². The summed E-state index contributed by atoms with van der Waals surface area (Å²) in [4.78, 5) is 23.7. The molecule has 4 N–H and O–H groups in total. The van der Waals surface area contributed by atoms with Crippen molar-refractivity contribution in [2.45, 2.75) is 38.3 Å². The molecule has 0 aliphatic heterocycles. The molecule has 0 heterocycles. The number of benzene rings is 1. The lowest BCUT2D eigenvalue weighted by Crippen LogP contribution is -2.42. The third kappa shape index (κ3) is 5.19. The van der Waals surface area contributed by atoms with Gasteiger partial charge in [-0.1, -0.05) is 36.8 Å². The molecule has 1 aromatic rings. The molecule has 1 aliphatic carbocycles. The lowest BCUT2D eigenvalue weighted by atomic mass is 9.85. The molecule has 2 atom stereocenters. The van der Waals surface area contributed by atoms with Gasteiger partial charge in [-0.2, -0.15) is 0 Å². The number of amides is 2. The van der Waals surface area contributed by atoms with E-state index in [0.29, 0.717) is 6.54 Å². The second-order valence-corrected chi connectivity index (χ2v) is 5.60. The summed E-state index contributed by atoms with van der Waals surface area (Å²) >= 11 is 0. The zero-order valence-electron chi connectivity index (χ0n) is 12.2. The van der Waals surface area contributed by atoms with E-state index in [1.54, 1.807) is 0 Å². The minimum Gasteiger partial charge on any atom is -0.350 e. The fraction of sp³-hybridized carbons (Fsp3) is 0.500. The number of nitrogens with two attached hydrogens (primary N) is 1. The van der Waals surface area contributed by atoms with Crippen LogP contribution in [0.2, 0.25) is 0 Å². The first-order chi connectivity index (χ1) is 10.1. The number of hydrogen-bond acceptors (Lipinski definition) is 3. The van der Waals surface area contributed by atoms with Gasteiger partial charge in [0.05, 0.1) is 6.54 Å². The van der Waals surface area contributed by atoms with Crippen LogP contribution < -0.4 is 16.4 Å². The van der Waals surface area contributed by atoms with Crippen LogP contribution in [0.3, 0.4) is 0 Å². The van der Waals surface area contributed by atoms with Crippen molar-refractivity contribution >= 4 is 11.8 Å². The molecular weight excluding hydrogens is 266 g/mol. The minimum atomic E-state index is -0.174. The highest BCUT2D eigenvalue weighted by molar-refractivity contribution is 5.85. The molecule has 5 heteroatoms. The van der Waals surface area contributed by atoms with Crippen molar-refractivity contribution in [3.8, 4) is 0 Å². The van der Waals surface area contributed by atoms with Crippen molar-refractivity contribution in [3.63, 3.8) is 0 Å². The number of carbonyl (C=O) groups is 2. The molecule has 1 aromatic carbocycles. The molecule has 0 spiro atoms. The second kappa shape index (κ2) is 7.78. The Labute approximate surface area is 125 Å². The van der Waals surface area contributed by atoms with Crippen LogP contribution in [0.15, 0.2) is 30.3 Å². The maximum Gasteiger partial charge on any atom is 0.239 e. The largest absolute Gasteiger partial charge is 0.350 e.